The number of hydrogen-bond acceptors (Lipinski definition) is 10. The molecule has 0 radical (unpaired) electrons. The van der Waals surface area contributed by atoms with Crippen LogP contribution < -0.4 is 20.8 Å². The number of benzene rings is 1. The van der Waals surface area contributed by atoms with E-state index >= 15 is 0 Å². The smallest absolute Gasteiger partial charge is 0.294 e. The Hall–Kier alpha value is -4.00. The molecule has 1 unspecified atom stereocenters. The second-order valence-corrected chi connectivity index (χ2v) is 8.22. The molecule has 34 heavy (non-hydrogen) atoms. The number of nitrogens with one attached hydrogen (secondary N) is 2. The highest BCUT2D eigenvalue weighted by Gasteiger charge is 2.29. The highest BCUT2D eigenvalue weighted by Crippen LogP contribution is 2.28. The van der Waals surface area contributed by atoms with Crippen LogP contribution in [0.15, 0.2) is 27.9 Å². The van der Waals surface area contributed by atoms with E-state index in [9.17, 15) is 9.90 Å². The molecule has 3 aromatic rings. The number of methoxy groups -OCH3 is 1. The Labute approximate surface area is 195 Å². The predicted molar refractivity (Wildman–Crippen MR) is 121 cm³/mol. The first-order valence-corrected chi connectivity index (χ1v) is 11.0. The van der Waals surface area contributed by atoms with Gasteiger partial charge in [0.1, 0.15) is 12.2 Å². The summed E-state index contributed by atoms with van der Waals surface area (Å²) in [6.45, 7) is 0.465. The van der Waals surface area contributed by atoms with E-state index in [1.54, 1.807) is 18.2 Å². The van der Waals surface area contributed by atoms with Crippen LogP contribution in [0.4, 0.5) is 5.82 Å². The molecule has 0 bridgehead atoms. The summed E-state index contributed by atoms with van der Waals surface area (Å²) in [5.41, 5.74) is 9.29. The van der Waals surface area contributed by atoms with E-state index in [-0.39, 0.29) is 23.1 Å². The van der Waals surface area contributed by atoms with Crippen LogP contribution >= 0.6 is 0 Å². The van der Waals surface area contributed by atoms with E-state index in [2.05, 4.69) is 38.2 Å². The number of rotatable bonds is 8. The maximum atomic E-state index is 13.0. The fraction of sp³-hybridized carbons (Fsp3) is 0.429. The van der Waals surface area contributed by atoms with Gasteiger partial charge >= 0.3 is 0 Å². The summed E-state index contributed by atoms with van der Waals surface area (Å²) >= 11 is 0. The van der Waals surface area contributed by atoms with Crippen LogP contribution in [0.5, 0.6) is 11.5 Å². The molecule has 1 fully saturated rings. The van der Waals surface area contributed by atoms with Crippen LogP contribution in [-0.4, -0.2) is 62.7 Å². The Morgan fingerprint density at radius 3 is 2.88 bits per heavy atom. The van der Waals surface area contributed by atoms with Crippen LogP contribution in [0.1, 0.15) is 53.8 Å². The van der Waals surface area contributed by atoms with Crippen molar-refractivity contribution < 1.29 is 24.2 Å². The van der Waals surface area contributed by atoms with Gasteiger partial charge in [0.2, 0.25) is 11.6 Å². The summed E-state index contributed by atoms with van der Waals surface area (Å²) < 4.78 is 11.2. The zero-order valence-corrected chi connectivity index (χ0v) is 19.1. The minimum Gasteiger partial charge on any atom is -0.504 e. The van der Waals surface area contributed by atoms with Gasteiger partial charge in [0, 0.05) is 5.56 Å². The fourth-order valence-electron chi connectivity index (χ4n) is 4.17. The molecule has 5 N–H and O–H groups in total. The van der Waals surface area contributed by atoms with Gasteiger partial charge in [0.05, 0.1) is 26.4 Å². The van der Waals surface area contributed by atoms with Crippen LogP contribution in [0.3, 0.4) is 0 Å². The van der Waals surface area contributed by atoms with Gasteiger partial charge in [-0.2, -0.15) is 9.78 Å². The van der Waals surface area contributed by atoms with Gasteiger partial charge in [-0.05, 0) is 48.1 Å². The minimum absolute atomic E-state index is 0.0416. The van der Waals surface area contributed by atoms with Gasteiger partial charge in [0.25, 0.3) is 5.91 Å². The third kappa shape index (κ3) is 4.83. The molecule has 1 aliphatic carbocycles. The molecule has 1 aliphatic rings. The SMILES string of the molecule is COc1cccc(/C=N/NC(=O)c2nnn(-c3nonc3N)c2C[NH+](C)C2CCCCC2)c1O. The molecule has 2 heterocycles. The third-order valence-corrected chi connectivity index (χ3v) is 6.04. The molecular weight excluding hydrogens is 442 g/mol. The third-order valence-electron chi connectivity index (χ3n) is 6.04. The topological polar surface area (TPSA) is 171 Å². The molecule has 0 saturated heterocycles. The zero-order valence-electron chi connectivity index (χ0n) is 19.1. The molecule has 1 aromatic carbocycles. The van der Waals surface area contributed by atoms with Gasteiger partial charge in [-0.3, -0.25) is 4.79 Å². The number of carbonyl (C=O) groups excluding carboxylic acids is 1. The Balaban J connectivity index is 1.57. The van der Waals surface area contributed by atoms with E-state index < -0.39 is 5.91 Å². The summed E-state index contributed by atoms with van der Waals surface area (Å²) in [6.07, 6.45) is 7.20. The standard InChI is InChI=1S/C21H27N9O4/c1-29(14-8-4-3-5-9-14)12-15-17(24-28-30(15)20-19(22)26-34-27-20)21(32)25-23-11-13-7-6-10-16(33-2)18(13)31/h6-7,10-11,14,31H,3-5,8-9,12H2,1-2H3,(H2,22,26)(H,25,32)/p+1/b23-11+. The zero-order chi connectivity index (χ0) is 24.1. The van der Waals surface area contributed by atoms with Gasteiger partial charge in [-0.15, -0.1) is 5.10 Å². The second-order valence-electron chi connectivity index (χ2n) is 8.22. The molecular formula is C21H28N9O4+. The highest BCUT2D eigenvalue weighted by molar-refractivity contribution is 5.94. The number of hydrogen-bond donors (Lipinski definition) is 4. The number of nitrogen functional groups attached to an aromatic ring is 1. The van der Waals surface area contributed by atoms with Gasteiger partial charge in [-0.1, -0.05) is 17.7 Å². The number of para-hydroxylation sites is 1. The minimum atomic E-state index is -0.564. The maximum absolute atomic E-state index is 13.0. The maximum Gasteiger partial charge on any atom is 0.294 e. The van der Waals surface area contributed by atoms with Crippen molar-refractivity contribution >= 4 is 17.9 Å². The Bertz CT molecular complexity index is 1170. The van der Waals surface area contributed by atoms with Crippen molar-refractivity contribution in [3.05, 3.63) is 35.2 Å². The number of amides is 1. The molecule has 2 aromatic heterocycles. The first-order chi connectivity index (χ1) is 16.5. The number of ether oxygens (including phenoxy) is 1. The lowest BCUT2D eigenvalue weighted by Gasteiger charge is -2.28. The Kier molecular flexibility index (Phi) is 7.01. The lowest BCUT2D eigenvalue weighted by molar-refractivity contribution is -0.921. The first kappa shape index (κ1) is 23.2. The van der Waals surface area contributed by atoms with E-state index in [1.807, 2.05) is 0 Å². The summed E-state index contributed by atoms with van der Waals surface area (Å²) in [5, 5.41) is 29.7. The van der Waals surface area contributed by atoms with Crippen molar-refractivity contribution in [2.75, 3.05) is 19.9 Å². The number of phenolic OH excluding ortho intramolecular Hbond substituents is 1. The monoisotopic (exact) mass is 470 g/mol. The fourth-order valence-corrected chi connectivity index (χ4v) is 4.17. The van der Waals surface area contributed by atoms with Crippen molar-refractivity contribution in [2.24, 2.45) is 5.10 Å². The summed E-state index contributed by atoms with van der Waals surface area (Å²) in [4.78, 5) is 14.2. The normalized spacial score (nSPS) is 15.5. The number of hydrazone groups is 1. The van der Waals surface area contributed by atoms with Gasteiger partial charge in [0.15, 0.2) is 17.2 Å². The van der Waals surface area contributed by atoms with E-state index in [4.69, 9.17) is 15.1 Å². The molecule has 0 spiro atoms. The van der Waals surface area contributed by atoms with E-state index in [1.165, 1.54) is 42.2 Å². The summed E-state index contributed by atoms with van der Waals surface area (Å²) in [6, 6.07) is 5.42. The van der Waals surface area contributed by atoms with Crippen LogP contribution in [0.25, 0.3) is 5.82 Å². The largest absolute Gasteiger partial charge is 0.504 e. The number of aromatic nitrogens is 5. The van der Waals surface area contributed by atoms with Crippen LogP contribution in [-0.2, 0) is 6.54 Å². The molecule has 4 rings (SSSR count). The molecule has 0 aliphatic heterocycles. The molecule has 180 valence electrons. The van der Waals surface area contributed by atoms with Crippen molar-refractivity contribution in [1.82, 2.24) is 30.7 Å². The lowest BCUT2D eigenvalue weighted by Crippen LogP contribution is -3.11. The van der Waals surface area contributed by atoms with Crippen molar-refractivity contribution in [1.29, 1.82) is 0 Å². The predicted octanol–water partition coefficient (Wildman–Crippen LogP) is 0.0580. The highest BCUT2D eigenvalue weighted by atomic mass is 16.6. The average Bonchev–Trinajstić information content (AvgIpc) is 3.46. The number of nitrogens with zero attached hydrogens (tertiary/aromatic N) is 6. The van der Waals surface area contributed by atoms with Crippen molar-refractivity contribution in [2.45, 2.75) is 44.7 Å². The number of anilines is 1. The summed E-state index contributed by atoms with van der Waals surface area (Å²) in [5.74, 6) is -0.136. The number of quaternary nitrogens is 1. The molecule has 13 heteroatoms. The second kappa shape index (κ2) is 10.3. The van der Waals surface area contributed by atoms with Gasteiger partial charge < -0.3 is 20.5 Å². The van der Waals surface area contributed by atoms with E-state index in [0.717, 1.165) is 12.8 Å². The van der Waals surface area contributed by atoms with Gasteiger partial charge in [-0.25, -0.2) is 10.1 Å². The number of phenols is 1. The van der Waals surface area contributed by atoms with Crippen molar-refractivity contribution in [3.8, 4) is 17.3 Å². The van der Waals surface area contributed by atoms with Crippen molar-refractivity contribution in [3.63, 3.8) is 0 Å². The summed E-state index contributed by atoms with van der Waals surface area (Å²) in [7, 11) is 3.54. The van der Waals surface area contributed by atoms with E-state index in [0.29, 0.717) is 29.6 Å². The van der Waals surface area contributed by atoms with Crippen LogP contribution in [0.2, 0.25) is 0 Å². The number of aromatic hydroxyl groups is 1. The quantitative estimate of drug-likeness (QED) is 0.262. The molecule has 1 atom stereocenters. The Morgan fingerprint density at radius 2 is 2.18 bits per heavy atom. The first-order valence-electron chi connectivity index (χ1n) is 11.0. The number of carbonyl (C=O) groups is 1. The molecule has 1 amide bonds. The lowest BCUT2D eigenvalue weighted by atomic mass is 9.94. The molecule has 1 saturated carbocycles. The van der Waals surface area contributed by atoms with Crippen LogP contribution in [0, 0.1) is 0 Å². The number of nitrogens with two attached hydrogens (primary N) is 1. The average molecular weight is 471 g/mol. The molecule has 13 nitrogen and oxygen atoms in total. The Morgan fingerprint density at radius 1 is 1.38 bits per heavy atom.